The van der Waals surface area contributed by atoms with E-state index >= 15 is 0 Å². The zero-order chi connectivity index (χ0) is 27.9. The number of alkyl halides is 6. The molecule has 0 saturated heterocycles. The van der Waals surface area contributed by atoms with Crippen LogP contribution in [0.2, 0.25) is 0 Å². The minimum absolute atomic E-state index is 0.00859. The fourth-order valence-electron chi connectivity index (χ4n) is 4.52. The third-order valence-electron chi connectivity index (χ3n) is 6.50. The van der Waals surface area contributed by atoms with E-state index in [0.717, 1.165) is 24.5 Å². The number of pyridine rings is 2. The monoisotopic (exact) mass is 560 g/mol. The molecular formula is C24H22F6N4O3S. The summed E-state index contributed by atoms with van der Waals surface area (Å²) in [7, 11) is 0. The van der Waals surface area contributed by atoms with Crippen molar-refractivity contribution in [1.82, 2.24) is 15.0 Å². The van der Waals surface area contributed by atoms with Gasteiger partial charge < -0.3 is 15.5 Å². The van der Waals surface area contributed by atoms with Crippen LogP contribution in [0.25, 0.3) is 10.6 Å². The number of aliphatic hydroxyl groups is 1. The zero-order valence-electron chi connectivity index (χ0n) is 19.8. The first-order valence-electron chi connectivity index (χ1n) is 11.5. The Hall–Kier alpha value is -3.26. The summed E-state index contributed by atoms with van der Waals surface area (Å²) >= 11 is 0.598. The second-order valence-electron chi connectivity index (χ2n) is 9.15. The highest BCUT2D eigenvalue weighted by Gasteiger charge is 2.61. The molecule has 0 aromatic carbocycles. The van der Waals surface area contributed by atoms with E-state index in [1.807, 2.05) is 0 Å². The van der Waals surface area contributed by atoms with E-state index in [1.165, 1.54) is 6.07 Å². The Morgan fingerprint density at radius 2 is 1.71 bits per heavy atom. The van der Waals surface area contributed by atoms with Crippen LogP contribution in [0.3, 0.4) is 0 Å². The minimum Gasteiger partial charge on any atom is -0.481 e. The smallest absolute Gasteiger partial charge is 0.424 e. The number of anilines is 2. The van der Waals surface area contributed by atoms with Gasteiger partial charge in [0, 0.05) is 18.3 Å². The molecule has 3 aromatic rings. The number of carboxylic acids is 1. The maximum atomic E-state index is 14.2. The Morgan fingerprint density at radius 3 is 2.32 bits per heavy atom. The lowest BCUT2D eigenvalue weighted by Gasteiger charge is -2.39. The molecule has 1 atom stereocenters. The zero-order valence-corrected chi connectivity index (χ0v) is 20.6. The molecule has 3 N–H and O–H groups in total. The molecule has 4 rings (SSSR count). The van der Waals surface area contributed by atoms with Crippen molar-refractivity contribution in [1.29, 1.82) is 0 Å². The van der Waals surface area contributed by atoms with Crippen molar-refractivity contribution in [3.63, 3.8) is 0 Å². The number of thiazole rings is 1. The molecule has 7 nitrogen and oxygen atoms in total. The summed E-state index contributed by atoms with van der Waals surface area (Å²) < 4.78 is 81.7. The van der Waals surface area contributed by atoms with Crippen molar-refractivity contribution < 1.29 is 41.4 Å². The van der Waals surface area contributed by atoms with Crippen LogP contribution in [0.4, 0.5) is 38.0 Å². The number of hydrogen-bond donors (Lipinski definition) is 3. The summed E-state index contributed by atoms with van der Waals surface area (Å²) in [6.07, 6.45) is -7.77. The number of nitrogens with one attached hydrogen (secondary N) is 1. The summed E-state index contributed by atoms with van der Waals surface area (Å²) in [4.78, 5) is 23.4. The van der Waals surface area contributed by atoms with E-state index in [1.54, 1.807) is 13.0 Å². The summed E-state index contributed by atoms with van der Waals surface area (Å²) in [6.45, 7) is 1.67. The van der Waals surface area contributed by atoms with E-state index in [2.05, 4.69) is 20.3 Å². The normalized spacial score (nSPS) is 20.1. The highest BCUT2D eigenvalue weighted by atomic mass is 32.1. The van der Waals surface area contributed by atoms with Crippen molar-refractivity contribution in [2.75, 3.05) is 5.32 Å². The first-order valence-corrected chi connectivity index (χ1v) is 12.3. The van der Waals surface area contributed by atoms with Gasteiger partial charge in [0.25, 0.3) is 0 Å². The van der Waals surface area contributed by atoms with E-state index in [4.69, 9.17) is 5.11 Å². The summed E-state index contributed by atoms with van der Waals surface area (Å²) in [5.74, 6) is -3.13. The van der Waals surface area contributed by atoms with E-state index in [0.29, 0.717) is 16.9 Å². The van der Waals surface area contributed by atoms with Gasteiger partial charge in [-0.2, -0.15) is 26.3 Å². The van der Waals surface area contributed by atoms with Crippen molar-refractivity contribution in [3.8, 4) is 10.6 Å². The van der Waals surface area contributed by atoms with Crippen LogP contribution in [0.15, 0.2) is 36.7 Å². The average Bonchev–Trinajstić information content (AvgIpc) is 3.33. The van der Waals surface area contributed by atoms with Gasteiger partial charge in [-0.1, -0.05) is 0 Å². The molecule has 1 fully saturated rings. The lowest BCUT2D eigenvalue weighted by atomic mass is 9.73. The molecule has 0 bridgehead atoms. The SMILES string of the molecule is Cc1cc(Nc2cc(C(F)(F)F)ccn2)nc(-c2cnc(C(O)(C3CCC(C(=O)O)CC3)C(F)(F)F)s2)c1. The lowest BCUT2D eigenvalue weighted by Crippen LogP contribution is -2.49. The number of aliphatic carboxylic acids is 1. The molecule has 3 aromatic heterocycles. The lowest BCUT2D eigenvalue weighted by molar-refractivity contribution is -0.290. The van der Waals surface area contributed by atoms with Gasteiger partial charge in [-0.25, -0.2) is 15.0 Å². The van der Waals surface area contributed by atoms with Crippen LogP contribution in [0, 0.1) is 18.8 Å². The summed E-state index contributed by atoms with van der Waals surface area (Å²) in [5, 5.41) is 22.2. The Kier molecular flexibility index (Phi) is 7.40. The number of carbonyl (C=O) groups is 1. The van der Waals surface area contributed by atoms with Crippen LogP contribution in [-0.2, 0) is 16.6 Å². The van der Waals surface area contributed by atoms with E-state index < -0.39 is 46.3 Å². The van der Waals surface area contributed by atoms with Gasteiger partial charge in [-0.15, -0.1) is 11.3 Å². The van der Waals surface area contributed by atoms with Crippen molar-refractivity contribution in [2.24, 2.45) is 11.8 Å². The highest BCUT2D eigenvalue weighted by molar-refractivity contribution is 7.15. The largest absolute Gasteiger partial charge is 0.481 e. The molecule has 204 valence electrons. The minimum atomic E-state index is -5.06. The van der Waals surface area contributed by atoms with Gasteiger partial charge in [0.2, 0.25) is 5.60 Å². The average molecular weight is 561 g/mol. The van der Waals surface area contributed by atoms with Crippen molar-refractivity contribution in [3.05, 3.63) is 52.8 Å². The van der Waals surface area contributed by atoms with Gasteiger partial charge in [0.05, 0.1) is 22.1 Å². The predicted molar refractivity (Wildman–Crippen MR) is 126 cm³/mol. The van der Waals surface area contributed by atoms with E-state index in [9.17, 15) is 36.2 Å². The second-order valence-corrected chi connectivity index (χ2v) is 10.2. The van der Waals surface area contributed by atoms with Gasteiger partial charge in [-0.05, 0) is 62.4 Å². The number of hydrogen-bond acceptors (Lipinski definition) is 7. The van der Waals surface area contributed by atoms with E-state index in [-0.39, 0.29) is 47.9 Å². The molecule has 1 aliphatic rings. The quantitative estimate of drug-likeness (QED) is 0.303. The third kappa shape index (κ3) is 5.60. The number of rotatable bonds is 6. The van der Waals surface area contributed by atoms with Crippen LogP contribution in [0.5, 0.6) is 0 Å². The first-order chi connectivity index (χ1) is 17.7. The third-order valence-corrected chi connectivity index (χ3v) is 7.64. The number of aryl methyl sites for hydroxylation is 1. The van der Waals surface area contributed by atoms with Crippen LogP contribution in [-0.4, -0.2) is 37.3 Å². The maximum absolute atomic E-state index is 14.2. The van der Waals surface area contributed by atoms with Crippen molar-refractivity contribution >= 4 is 28.9 Å². The topological polar surface area (TPSA) is 108 Å². The molecule has 0 amide bonds. The molecular weight excluding hydrogens is 538 g/mol. The molecule has 38 heavy (non-hydrogen) atoms. The van der Waals surface area contributed by atoms with Gasteiger partial charge in [0.1, 0.15) is 16.6 Å². The fourth-order valence-corrected chi connectivity index (χ4v) is 5.58. The molecule has 0 spiro atoms. The number of halogens is 6. The predicted octanol–water partition coefficient (Wildman–Crippen LogP) is 6.31. The van der Waals surface area contributed by atoms with Crippen molar-refractivity contribution in [2.45, 2.75) is 50.6 Å². The summed E-state index contributed by atoms with van der Waals surface area (Å²) in [5.41, 5.74) is -3.38. The summed E-state index contributed by atoms with van der Waals surface area (Å²) in [6, 6.07) is 4.71. The van der Waals surface area contributed by atoms with Gasteiger partial charge >= 0.3 is 18.3 Å². The fraction of sp³-hybridized carbons (Fsp3) is 0.417. The number of carboxylic acid groups (broad SMARTS) is 1. The molecule has 1 saturated carbocycles. The standard InChI is InChI=1S/C24H22F6N4O3S/c1-12-8-16(33-19(9-12)34-18-10-15(6-7-31-18)23(25,26)27)17-11-32-21(38-17)22(37,24(28,29)30)14-4-2-13(3-5-14)20(35)36/h6-11,13-14,37H,2-5H2,1H3,(H,35,36)(H,31,33,34). The molecule has 3 heterocycles. The number of nitrogens with zero attached hydrogens (tertiary/aromatic N) is 3. The second kappa shape index (κ2) is 10.1. The number of aromatic nitrogens is 3. The maximum Gasteiger partial charge on any atom is 0.424 e. The van der Waals surface area contributed by atoms with Crippen LogP contribution in [0.1, 0.15) is 41.8 Å². The molecule has 0 radical (unpaired) electrons. The highest BCUT2D eigenvalue weighted by Crippen LogP contribution is 2.51. The molecule has 14 heteroatoms. The Labute approximate surface area is 216 Å². The molecule has 0 aliphatic heterocycles. The van der Waals surface area contributed by atoms with Crippen LogP contribution < -0.4 is 5.32 Å². The molecule has 1 aliphatic carbocycles. The molecule has 1 unspecified atom stereocenters. The van der Waals surface area contributed by atoms with Gasteiger partial charge in [-0.3, -0.25) is 4.79 Å². The van der Waals surface area contributed by atoms with Crippen LogP contribution >= 0.6 is 11.3 Å². The van der Waals surface area contributed by atoms with Gasteiger partial charge in [0.15, 0.2) is 0 Å². The Morgan fingerprint density at radius 1 is 1.03 bits per heavy atom. The Bertz CT molecular complexity index is 1320. The first kappa shape index (κ1) is 27.8. The Balaban J connectivity index is 1.63.